The first-order valence-corrected chi connectivity index (χ1v) is 6.46. The lowest BCUT2D eigenvalue weighted by atomic mass is 10.1. The second-order valence-corrected chi connectivity index (χ2v) is 4.77. The number of carboxylic acid groups (broad SMARTS) is 1. The first-order valence-electron chi connectivity index (χ1n) is 5.66. The molecular weight excluding hydrogens is 314 g/mol. The lowest BCUT2D eigenvalue weighted by molar-refractivity contribution is -0.113. The van der Waals surface area contributed by atoms with E-state index >= 15 is 0 Å². The molecule has 1 aromatic heterocycles. The number of rotatable bonds is 2. The van der Waals surface area contributed by atoms with Crippen LogP contribution in [0.1, 0.15) is 6.42 Å². The monoisotopic (exact) mass is 325 g/mol. The van der Waals surface area contributed by atoms with Gasteiger partial charge in [0.05, 0.1) is 12.2 Å². The van der Waals surface area contributed by atoms with Crippen molar-refractivity contribution in [2.45, 2.75) is 6.42 Å². The fraction of sp³-hybridized carbons (Fsp3) is 0.250. The van der Waals surface area contributed by atoms with Crippen LogP contribution in [0.3, 0.4) is 0 Å². The minimum atomic E-state index is -1.01. The van der Waals surface area contributed by atoms with Crippen molar-refractivity contribution >= 4 is 33.6 Å². The number of nitrogens with one attached hydrogen (secondary N) is 1. The van der Waals surface area contributed by atoms with Crippen LogP contribution in [0.5, 0.6) is 0 Å². The van der Waals surface area contributed by atoms with E-state index in [0.717, 1.165) is 0 Å². The molecule has 0 saturated carbocycles. The summed E-state index contributed by atoms with van der Waals surface area (Å²) in [7, 11) is 0. The number of carbonyl (C=O) groups is 2. The van der Waals surface area contributed by atoms with E-state index in [1.807, 2.05) is 0 Å². The standard InChI is InChI=1S/C12H12BrN3O3/c13-10-9(4-1-5-14-10)15-11(17)8-3-2-6-16(7-8)12(18)19/h1,3-5H,2,6-7H2,(H,15,17)(H,18,19). The molecule has 0 fully saturated rings. The highest BCUT2D eigenvalue weighted by Gasteiger charge is 2.21. The van der Waals surface area contributed by atoms with E-state index in [4.69, 9.17) is 5.11 Å². The molecule has 6 nitrogen and oxygen atoms in total. The second-order valence-electron chi connectivity index (χ2n) is 4.02. The summed E-state index contributed by atoms with van der Waals surface area (Å²) in [5.41, 5.74) is 1.00. The largest absolute Gasteiger partial charge is 0.465 e. The van der Waals surface area contributed by atoms with E-state index in [1.54, 1.807) is 24.4 Å². The third-order valence-corrected chi connectivity index (χ3v) is 3.35. The quantitative estimate of drug-likeness (QED) is 0.816. The van der Waals surface area contributed by atoms with Crippen molar-refractivity contribution in [3.8, 4) is 0 Å². The molecule has 2 amide bonds. The molecule has 2 rings (SSSR count). The van der Waals surface area contributed by atoms with Gasteiger partial charge in [-0.05, 0) is 34.5 Å². The molecule has 2 N–H and O–H groups in total. The molecule has 0 spiro atoms. The maximum atomic E-state index is 12.0. The zero-order valence-electron chi connectivity index (χ0n) is 9.97. The van der Waals surface area contributed by atoms with Gasteiger partial charge in [0.15, 0.2) is 0 Å². The summed E-state index contributed by atoms with van der Waals surface area (Å²) in [4.78, 5) is 28.1. The fourth-order valence-electron chi connectivity index (χ4n) is 1.75. The molecular formula is C12H12BrN3O3. The van der Waals surface area contributed by atoms with E-state index in [2.05, 4.69) is 26.2 Å². The van der Waals surface area contributed by atoms with Crippen LogP contribution < -0.4 is 5.32 Å². The number of anilines is 1. The average molecular weight is 326 g/mol. The first-order chi connectivity index (χ1) is 9.08. The predicted molar refractivity (Wildman–Crippen MR) is 72.9 cm³/mol. The van der Waals surface area contributed by atoms with Crippen molar-refractivity contribution in [3.05, 3.63) is 34.6 Å². The summed E-state index contributed by atoms with van der Waals surface area (Å²) in [6, 6.07) is 3.42. The van der Waals surface area contributed by atoms with Gasteiger partial charge in [0.1, 0.15) is 4.60 Å². The molecule has 1 aliphatic heterocycles. The number of carbonyl (C=O) groups excluding carboxylic acids is 1. The highest BCUT2D eigenvalue weighted by Crippen LogP contribution is 2.20. The van der Waals surface area contributed by atoms with Crippen LogP contribution in [0.15, 0.2) is 34.6 Å². The lowest BCUT2D eigenvalue weighted by Crippen LogP contribution is -2.37. The lowest BCUT2D eigenvalue weighted by Gasteiger charge is -2.24. The van der Waals surface area contributed by atoms with Gasteiger partial charge in [-0.3, -0.25) is 4.79 Å². The highest BCUT2D eigenvalue weighted by atomic mass is 79.9. The molecule has 0 saturated heterocycles. The van der Waals surface area contributed by atoms with Crippen molar-refractivity contribution in [1.82, 2.24) is 9.88 Å². The van der Waals surface area contributed by atoms with Crippen LogP contribution in [0, 0.1) is 0 Å². The molecule has 0 bridgehead atoms. The molecule has 1 aromatic rings. The van der Waals surface area contributed by atoms with Crippen LogP contribution in [0.2, 0.25) is 0 Å². The van der Waals surface area contributed by atoms with Gasteiger partial charge in [0, 0.05) is 18.3 Å². The number of nitrogens with zero attached hydrogens (tertiary/aromatic N) is 2. The number of aromatic nitrogens is 1. The van der Waals surface area contributed by atoms with Gasteiger partial charge >= 0.3 is 6.09 Å². The molecule has 0 aliphatic carbocycles. The molecule has 19 heavy (non-hydrogen) atoms. The van der Waals surface area contributed by atoms with E-state index in [-0.39, 0.29) is 12.5 Å². The Balaban J connectivity index is 2.07. The van der Waals surface area contributed by atoms with Crippen LogP contribution in [-0.4, -0.2) is 40.1 Å². The maximum absolute atomic E-state index is 12.0. The molecule has 2 heterocycles. The average Bonchev–Trinajstić information content (AvgIpc) is 2.41. The summed E-state index contributed by atoms with van der Waals surface area (Å²) < 4.78 is 0.537. The summed E-state index contributed by atoms with van der Waals surface area (Å²) >= 11 is 3.23. The Labute approximate surface area is 118 Å². The van der Waals surface area contributed by atoms with Gasteiger partial charge in [0.2, 0.25) is 0 Å². The zero-order valence-corrected chi connectivity index (χ0v) is 11.6. The van der Waals surface area contributed by atoms with Gasteiger partial charge in [-0.25, -0.2) is 9.78 Å². The van der Waals surface area contributed by atoms with Gasteiger partial charge in [-0.2, -0.15) is 0 Å². The zero-order chi connectivity index (χ0) is 13.8. The van der Waals surface area contributed by atoms with Gasteiger partial charge in [-0.15, -0.1) is 0 Å². The molecule has 1 aliphatic rings. The molecule has 7 heteroatoms. The number of hydrogen-bond donors (Lipinski definition) is 2. The topological polar surface area (TPSA) is 82.5 Å². The third kappa shape index (κ3) is 3.31. The smallest absolute Gasteiger partial charge is 0.407 e. The molecule has 0 radical (unpaired) electrons. The maximum Gasteiger partial charge on any atom is 0.407 e. The fourth-order valence-corrected chi connectivity index (χ4v) is 2.10. The van der Waals surface area contributed by atoms with Crippen molar-refractivity contribution in [3.63, 3.8) is 0 Å². The van der Waals surface area contributed by atoms with Gasteiger partial charge in [-0.1, -0.05) is 6.08 Å². The Bertz CT molecular complexity index is 545. The Morgan fingerprint density at radius 1 is 1.47 bits per heavy atom. The summed E-state index contributed by atoms with van der Waals surface area (Å²) in [5.74, 6) is -0.306. The van der Waals surface area contributed by atoms with Crippen LogP contribution in [0.4, 0.5) is 10.5 Å². The van der Waals surface area contributed by atoms with Crippen LogP contribution in [0.25, 0.3) is 0 Å². The van der Waals surface area contributed by atoms with Crippen LogP contribution >= 0.6 is 15.9 Å². The van der Waals surface area contributed by atoms with Crippen molar-refractivity contribution in [2.75, 3.05) is 18.4 Å². The van der Waals surface area contributed by atoms with Crippen molar-refractivity contribution < 1.29 is 14.7 Å². The Morgan fingerprint density at radius 3 is 2.95 bits per heavy atom. The summed E-state index contributed by atoms with van der Waals surface area (Å²) in [6.45, 7) is 0.530. The normalized spacial score (nSPS) is 14.8. The van der Waals surface area contributed by atoms with E-state index < -0.39 is 6.09 Å². The molecule has 0 aromatic carbocycles. The number of amides is 2. The minimum absolute atomic E-state index is 0.110. The van der Waals surface area contributed by atoms with Gasteiger partial charge in [0.25, 0.3) is 5.91 Å². The molecule has 0 atom stereocenters. The Hall–Kier alpha value is -1.89. The first kappa shape index (κ1) is 13.5. The molecule has 100 valence electrons. The van der Waals surface area contributed by atoms with E-state index in [1.165, 1.54) is 4.90 Å². The summed E-state index contributed by atoms with van der Waals surface area (Å²) in [6.07, 6.45) is 2.90. The van der Waals surface area contributed by atoms with Crippen LogP contribution in [-0.2, 0) is 4.79 Å². The number of pyridine rings is 1. The number of halogens is 1. The van der Waals surface area contributed by atoms with Gasteiger partial charge < -0.3 is 15.3 Å². The van der Waals surface area contributed by atoms with Crippen molar-refractivity contribution in [2.24, 2.45) is 0 Å². The van der Waals surface area contributed by atoms with E-state index in [0.29, 0.717) is 28.8 Å². The van der Waals surface area contributed by atoms with E-state index in [9.17, 15) is 9.59 Å². The minimum Gasteiger partial charge on any atom is -0.465 e. The highest BCUT2D eigenvalue weighted by molar-refractivity contribution is 9.10. The third-order valence-electron chi connectivity index (χ3n) is 2.72. The second kappa shape index (κ2) is 5.83. The molecule has 0 unspecified atom stereocenters. The Kier molecular flexibility index (Phi) is 4.16. The Morgan fingerprint density at radius 2 is 2.26 bits per heavy atom. The SMILES string of the molecule is O=C(Nc1cccnc1Br)C1=CCCN(C(=O)O)C1. The number of hydrogen-bond acceptors (Lipinski definition) is 3. The summed E-state index contributed by atoms with van der Waals surface area (Å²) in [5, 5.41) is 11.6. The predicted octanol–water partition coefficient (Wildman–Crippen LogP) is 2.09. The van der Waals surface area contributed by atoms with Crippen molar-refractivity contribution in [1.29, 1.82) is 0 Å².